The number of nitrogens with zero attached hydrogens (tertiary/aromatic N) is 3. The summed E-state index contributed by atoms with van der Waals surface area (Å²) < 4.78 is 5.03. The normalized spacial score (nSPS) is 10.9. The van der Waals surface area contributed by atoms with E-state index >= 15 is 0 Å². The Kier molecular flexibility index (Phi) is 7.19. The first-order valence-corrected chi connectivity index (χ1v) is 7.01. The van der Waals surface area contributed by atoms with Crippen LogP contribution in [-0.2, 0) is 4.79 Å². The van der Waals surface area contributed by atoms with Crippen LogP contribution in [0.3, 0.4) is 0 Å². The van der Waals surface area contributed by atoms with E-state index in [0.717, 1.165) is 6.54 Å². The van der Waals surface area contributed by atoms with E-state index in [4.69, 9.17) is 10.00 Å². The molecule has 0 spiro atoms. The first-order valence-electron chi connectivity index (χ1n) is 7.01. The smallest absolute Gasteiger partial charge is 0.273 e. The Morgan fingerprint density at radius 3 is 2.75 bits per heavy atom. The molecule has 0 aliphatic rings. The number of nitro benzene ring substituents is 1. The first kappa shape index (κ1) is 18.9. The summed E-state index contributed by atoms with van der Waals surface area (Å²) in [6.45, 7) is 1.32. The number of nitro groups is 1. The van der Waals surface area contributed by atoms with Crippen molar-refractivity contribution in [3.63, 3.8) is 0 Å². The standard InChI is InChI=1S/C15H19N5O4/c1-19(2)7-6-17-10-11(9-16)15(21)18-13-5-4-12(20(22)23)8-14(13)24-3/h4-5,8,10,17H,6-7H2,1-3H3,(H,18,21)/b11-10-. The number of methoxy groups -OCH3 is 1. The van der Waals surface area contributed by atoms with Crippen molar-refractivity contribution in [3.8, 4) is 11.8 Å². The molecule has 0 fully saturated rings. The quantitative estimate of drug-likeness (QED) is 0.240. The van der Waals surface area contributed by atoms with Gasteiger partial charge in [-0.1, -0.05) is 0 Å². The molecule has 0 saturated heterocycles. The van der Waals surface area contributed by atoms with Gasteiger partial charge in [0.2, 0.25) is 0 Å². The summed E-state index contributed by atoms with van der Waals surface area (Å²) in [4.78, 5) is 24.3. The number of carbonyl (C=O) groups excluding carboxylic acids is 1. The number of likely N-dealkylation sites (N-methyl/N-ethyl adjacent to an activating group) is 1. The molecule has 2 N–H and O–H groups in total. The zero-order valence-electron chi connectivity index (χ0n) is 13.7. The van der Waals surface area contributed by atoms with Crippen LogP contribution in [0.4, 0.5) is 11.4 Å². The Morgan fingerprint density at radius 2 is 2.21 bits per heavy atom. The van der Waals surface area contributed by atoms with Crippen LogP contribution < -0.4 is 15.4 Å². The molecular formula is C15H19N5O4. The minimum absolute atomic E-state index is 0.117. The molecule has 1 aromatic rings. The van der Waals surface area contributed by atoms with Gasteiger partial charge in [0.1, 0.15) is 17.4 Å². The van der Waals surface area contributed by atoms with Gasteiger partial charge in [-0.25, -0.2) is 0 Å². The SMILES string of the molecule is COc1cc([N+](=O)[O-])ccc1NC(=O)/C(C#N)=C\NCCN(C)C. The van der Waals surface area contributed by atoms with E-state index in [1.807, 2.05) is 19.0 Å². The first-order chi connectivity index (χ1) is 11.4. The molecule has 9 nitrogen and oxygen atoms in total. The number of hydrogen-bond donors (Lipinski definition) is 2. The Bertz CT molecular complexity index is 679. The van der Waals surface area contributed by atoms with Gasteiger partial charge in [-0.3, -0.25) is 14.9 Å². The fourth-order valence-corrected chi connectivity index (χ4v) is 1.70. The van der Waals surface area contributed by atoms with Crippen LogP contribution in [0.1, 0.15) is 0 Å². The van der Waals surface area contributed by atoms with Crippen molar-refractivity contribution >= 4 is 17.3 Å². The lowest BCUT2D eigenvalue weighted by molar-refractivity contribution is -0.384. The predicted molar refractivity (Wildman–Crippen MR) is 88.5 cm³/mol. The highest BCUT2D eigenvalue weighted by Crippen LogP contribution is 2.29. The summed E-state index contributed by atoms with van der Waals surface area (Å²) in [5.74, 6) is -0.502. The van der Waals surface area contributed by atoms with Gasteiger partial charge in [-0.2, -0.15) is 5.26 Å². The van der Waals surface area contributed by atoms with Crippen LogP contribution in [0, 0.1) is 21.4 Å². The maximum absolute atomic E-state index is 12.1. The van der Waals surface area contributed by atoms with Gasteiger partial charge in [-0.05, 0) is 20.2 Å². The topological polar surface area (TPSA) is 121 Å². The maximum Gasteiger partial charge on any atom is 0.273 e. The van der Waals surface area contributed by atoms with Gasteiger partial charge < -0.3 is 20.3 Å². The third-order valence-corrected chi connectivity index (χ3v) is 2.96. The van der Waals surface area contributed by atoms with E-state index in [0.29, 0.717) is 6.54 Å². The molecule has 1 amide bonds. The van der Waals surface area contributed by atoms with Crippen molar-refractivity contribution in [1.82, 2.24) is 10.2 Å². The van der Waals surface area contributed by atoms with Gasteiger partial charge in [0.15, 0.2) is 0 Å². The molecule has 0 atom stereocenters. The molecule has 0 saturated carbocycles. The molecule has 0 aliphatic heterocycles. The molecular weight excluding hydrogens is 314 g/mol. The lowest BCUT2D eigenvalue weighted by atomic mass is 10.2. The van der Waals surface area contributed by atoms with E-state index < -0.39 is 10.8 Å². The number of ether oxygens (including phenoxy) is 1. The number of carbonyl (C=O) groups is 1. The number of benzene rings is 1. The average molecular weight is 333 g/mol. The number of non-ortho nitro benzene ring substituents is 1. The van der Waals surface area contributed by atoms with E-state index in [-0.39, 0.29) is 22.7 Å². The fraction of sp³-hybridized carbons (Fsp3) is 0.333. The zero-order valence-corrected chi connectivity index (χ0v) is 13.7. The second kappa shape index (κ2) is 9.12. The Labute approximate surface area is 139 Å². The Hall–Kier alpha value is -3.12. The van der Waals surface area contributed by atoms with Gasteiger partial charge >= 0.3 is 0 Å². The van der Waals surface area contributed by atoms with Crippen molar-refractivity contribution in [3.05, 3.63) is 40.1 Å². The van der Waals surface area contributed by atoms with E-state index in [2.05, 4.69) is 10.6 Å². The molecule has 0 bridgehead atoms. The number of anilines is 1. The number of rotatable bonds is 8. The van der Waals surface area contributed by atoms with Crippen molar-refractivity contribution < 1.29 is 14.5 Å². The summed E-state index contributed by atoms with van der Waals surface area (Å²) in [5.41, 5.74) is -0.0389. The number of nitrogens with one attached hydrogen (secondary N) is 2. The van der Waals surface area contributed by atoms with Crippen molar-refractivity contribution in [2.45, 2.75) is 0 Å². The van der Waals surface area contributed by atoms with Crippen molar-refractivity contribution in [2.24, 2.45) is 0 Å². The molecule has 1 rings (SSSR count). The van der Waals surface area contributed by atoms with Crippen LogP contribution in [0.15, 0.2) is 30.0 Å². The highest BCUT2D eigenvalue weighted by molar-refractivity contribution is 6.07. The van der Waals surface area contributed by atoms with Gasteiger partial charge in [0.05, 0.1) is 23.8 Å². The van der Waals surface area contributed by atoms with Crippen molar-refractivity contribution in [2.75, 3.05) is 39.6 Å². The third-order valence-electron chi connectivity index (χ3n) is 2.96. The molecule has 0 radical (unpaired) electrons. The van der Waals surface area contributed by atoms with Gasteiger partial charge in [0.25, 0.3) is 11.6 Å². The summed E-state index contributed by atoms with van der Waals surface area (Å²) in [6, 6.07) is 5.59. The third kappa shape index (κ3) is 5.58. The molecule has 24 heavy (non-hydrogen) atoms. The fourth-order valence-electron chi connectivity index (χ4n) is 1.70. The minimum Gasteiger partial charge on any atom is -0.494 e. The Balaban J connectivity index is 2.83. The second-order valence-electron chi connectivity index (χ2n) is 5.02. The van der Waals surface area contributed by atoms with E-state index in [1.54, 1.807) is 6.07 Å². The second-order valence-corrected chi connectivity index (χ2v) is 5.02. The number of nitriles is 1. The highest BCUT2D eigenvalue weighted by Gasteiger charge is 2.15. The molecule has 9 heteroatoms. The molecule has 0 aromatic heterocycles. The highest BCUT2D eigenvalue weighted by atomic mass is 16.6. The summed E-state index contributed by atoms with van der Waals surface area (Å²) in [7, 11) is 5.15. The molecule has 0 aliphatic carbocycles. The van der Waals surface area contributed by atoms with Crippen LogP contribution in [-0.4, -0.2) is 50.0 Å². The average Bonchev–Trinajstić information content (AvgIpc) is 2.54. The lowest BCUT2D eigenvalue weighted by Gasteiger charge is -2.10. The molecule has 128 valence electrons. The summed E-state index contributed by atoms with van der Waals surface area (Å²) in [6.07, 6.45) is 1.33. The van der Waals surface area contributed by atoms with Crippen LogP contribution in [0.2, 0.25) is 0 Å². The molecule has 1 aromatic carbocycles. The number of amides is 1. The van der Waals surface area contributed by atoms with Crippen molar-refractivity contribution in [1.29, 1.82) is 5.26 Å². The van der Waals surface area contributed by atoms with Gasteiger partial charge in [-0.15, -0.1) is 0 Å². The van der Waals surface area contributed by atoms with Gasteiger partial charge in [0, 0.05) is 25.4 Å². The van der Waals surface area contributed by atoms with E-state index in [1.165, 1.54) is 31.5 Å². The van der Waals surface area contributed by atoms with Crippen LogP contribution >= 0.6 is 0 Å². The van der Waals surface area contributed by atoms with Crippen LogP contribution in [0.25, 0.3) is 0 Å². The van der Waals surface area contributed by atoms with Crippen LogP contribution in [0.5, 0.6) is 5.75 Å². The zero-order chi connectivity index (χ0) is 18.1. The molecule has 0 unspecified atom stereocenters. The summed E-state index contributed by atoms with van der Waals surface area (Å²) in [5, 5.41) is 25.2. The number of hydrogen-bond acceptors (Lipinski definition) is 7. The monoisotopic (exact) mass is 333 g/mol. The Morgan fingerprint density at radius 1 is 1.50 bits per heavy atom. The maximum atomic E-state index is 12.1. The summed E-state index contributed by atoms with van der Waals surface area (Å²) >= 11 is 0. The largest absolute Gasteiger partial charge is 0.494 e. The lowest BCUT2D eigenvalue weighted by Crippen LogP contribution is -2.24. The predicted octanol–water partition coefficient (Wildman–Crippen LogP) is 1.10. The van der Waals surface area contributed by atoms with E-state index in [9.17, 15) is 14.9 Å². The minimum atomic E-state index is -0.637. The molecule has 0 heterocycles.